The first-order valence-electron chi connectivity index (χ1n) is 3.51. The van der Waals surface area contributed by atoms with E-state index in [2.05, 4.69) is 27.1 Å². The van der Waals surface area contributed by atoms with Gasteiger partial charge in [-0.15, -0.1) is 5.92 Å². The summed E-state index contributed by atoms with van der Waals surface area (Å²) in [6, 6.07) is 0. The number of rotatable bonds is 3. The van der Waals surface area contributed by atoms with Crippen LogP contribution in [0.3, 0.4) is 0 Å². The number of nitrogens with zero attached hydrogens (tertiary/aromatic N) is 1. The lowest BCUT2D eigenvalue weighted by atomic mass is 10.4. The molecule has 0 aliphatic rings. The van der Waals surface area contributed by atoms with E-state index in [4.69, 9.17) is 0 Å². The first kappa shape index (κ1) is 7.83. The fourth-order valence-corrected chi connectivity index (χ4v) is 0.729. The SMILES string of the molecule is CC#CCNCc1cnc[nH]1. The minimum Gasteiger partial charge on any atom is -0.347 e. The molecule has 0 aliphatic heterocycles. The van der Waals surface area contributed by atoms with Crippen molar-refractivity contribution in [3.05, 3.63) is 18.2 Å². The Kier molecular flexibility index (Phi) is 3.23. The summed E-state index contributed by atoms with van der Waals surface area (Å²) in [5.74, 6) is 5.72. The highest BCUT2D eigenvalue weighted by Crippen LogP contribution is 1.87. The van der Waals surface area contributed by atoms with Crippen LogP contribution in [0.15, 0.2) is 12.5 Å². The molecular formula is C8H11N3. The van der Waals surface area contributed by atoms with Crippen molar-refractivity contribution < 1.29 is 0 Å². The number of nitrogens with one attached hydrogen (secondary N) is 2. The van der Waals surface area contributed by atoms with E-state index in [1.54, 1.807) is 12.5 Å². The van der Waals surface area contributed by atoms with Gasteiger partial charge in [-0.2, -0.15) is 0 Å². The van der Waals surface area contributed by atoms with Gasteiger partial charge in [0.05, 0.1) is 12.9 Å². The molecular weight excluding hydrogens is 138 g/mol. The summed E-state index contributed by atoms with van der Waals surface area (Å²) in [6.45, 7) is 3.36. The maximum Gasteiger partial charge on any atom is 0.0922 e. The molecule has 0 amide bonds. The van der Waals surface area contributed by atoms with Crippen molar-refractivity contribution in [1.82, 2.24) is 15.3 Å². The fourth-order valence-electron chi connectivity index (χ4n) is 0.729. The Morgan fingerprint density at radius 2 is 2.64 bits per heavy atom. The number of aromatic nitrogens is 2. The summed E-state index contributed by atoms with van der Waals surface area (Å²) in [5.41, 5.74) is 1.09. The second-order valence-corrected chi connectivity index (χ2v) is 2.11. The van der Waals surface area contributed by atoms with Crippen LogP contribution in [0.4, 0.5) is 0 Å². The maximum atomic E-state index is 3.89. The first-order chi connectivity index (χ1) is 5.43. The van der Waals surface area contributed by atoms with Crippen LogP contribution in [0, 0.1) is 11.8 Å². The lowest BCUT2D eigenvalue weighted by Gasteiger charge is -1.94. The molecule has 0 radical (unpaired) electrons. The average molecular weight is 149 g/mol. The number of aromatic amines is 1. The zero-order valence-electron chi connectivity index (χ0n) is 6.52. The van der Waals surface area contributed by atoms with Crippen molar-refractivity contribution in [3.8, 4) is 11.8 Å². The summed E-state index contributed by atoms with van der Waals surface area (Å²) in [5, 5.41) is 3.14. The highest BCUT2D eigenvalue weighted by molar-refractivity contribution is 4.99. The molecule has 0 atom stereocenters. The molecule has 11 heavy (non-hydrogen) atoms. The average Bonchev–Trinajstić information content (AvgIpc) is 2.50. The Labute approximate surface area is 66.2 Å². The van der Waals surface area contributed by atoms with Gasteiger partial charge >= 0.3 is 0 Å². The van der Waals surface area contributed by atoms with Gasteiger partial charge in [0.2, 0.25) is 0 Å². The lowest BCUT2D eigenvalue weighted by molar-refractivity contribution is 0.753. The molecule has 0 saturated heterocycles. The lowest BCUT2D eigenvalue weighted by Crippen LogP contribution is -2.13. The minimum atomic E-state index is 0.732. The second-order valence-electron chi connectivity index (χ2n) is 2.11. The molecule has 1 rings (SSSR count). The Balaban J connectivity index is 2.17. The van der Waals surface area contributed by atoms with Crippen LogP contribution in [0.1, 0.15) is 12.6 Å². The molecule has 1 heterocycles. The molecule has 0 saturated carbocycles. The van der Waals surface area contributed by atoms with Gasteiger partial charge in [-0.05, 0) is 6.92 Å². The van der Waals surface area contributed by atoms with E-state index < -0.39 is 0 Å². The first-order valence-corrected chi connectivity index (χ1v) is 3.51. The molecule has 0 spiro atoms. The Morgan fingerprint density at radius 3 is 3.27 bits per heavy atom. The van der Waals surface area contributed by atoms with Crippen LogP contribution in [0.2, 0.25) is 0 Å². The van der Waals surface area contributed by atoms with E-state index in [0.29, 0.717) is 0 Å². The van der Waals surface area contributed by atoms with Crippen molar-refractivity contribution in [3.63, 3.8) is 0 Å². The molecule has 0 aromatic carbocycles. The third kappa shape index (κ3) is 2.87. The smallest absolute Gasteiger partial charge is 0.0922 e. The molecule has 3 heteroatoms. The highest BCUT2D eigenvalue weighted by atomic mass is 14.9. The van der Waals surface area contributed by atoms with E-state index in [1.807, 2.05) is 6.92 Å². The summed E-state index contributed by atoms with van der Waals surface area (Å²) in [7, 11) is 0. The van der Waals surface area contributed by atoms with Gasteiger partial charge in [-0.3, -0.25) is 0 Å². The summed E-state index contributed by atoms with van der Waals surface area (Å²) in [4.78, 5) is 6.88. The molecule has 0 aliphatic carbocycles. The molecule has 3 nitrogen and oxygen atoms in total. The van der Waals surface area contributed by atoms with Gasteiger partial charge in [-0.25, -0.2) is 4.98 Å². The number of H-pyrrole nitrogens is 1. The molecule has 58 valence electrons. The Hall–Kier alpha value is -1.27. The van der Waals surface area contributed by atoms with E-state index in [9.17, 15) is 0 Å². The highest BCUT2D eigenvalue weighted by Gasteiger charge is 1.89. The minimum absolute atomic E-state index is 0.732. The van der Waals surface area contributed by atoms with E-state index in [-0.39, 0.29) is 0 Å². The topological polar surface area (TPSA) is 40.7 Å². The van der Waals surface area contributed by atoms with Gasteiger partial charge in [0.1, 0.15) is 0 Å². The van der Waals surface area contributed by atoms with Gasteiger partial charge in [0.25, 0.3) is 0 Å². The predicted molar refractivity (Wildman–Crippen MR) is 43.7 cm³/mol. The molecule has 2 N–H and O–H groups in total. The summed E-state index contributed by atoms with van der Waals surface area (Å²) in [6.07, 6.45) is 3.47. The fraction of sp³-hybridized carbons (Fsp3) is 0.375. The van der Waals surface area contributed by atoms with Gasteiger partial charge in [-0.1, -0.05) is 5.92 Å². The van der Waals surface area contributed by atoms with Gasteiger partial charge in [0, 0.05) is 18.4 Å². The largest absolute Gasteiger partial charge is 0.347 e. The number of hydrogen-bond donors (Lipinski definition) is 2. The van der Waals surface area contributed by atoms with E-state index >= 15 is 0 Å². The molecule has 1 aromatic heterocycles. The van der Waals surface area contributed by atoms with Crippen molar-refractivity contribution in [2.24, 2.45) is 0 Å². The zero-order chi connectivity index (χ0) is 7.94. The Morgan fingerprint density at radius 1 is 1.73 bits per heavy atom. The summed E-state index contributed by atoms with van der Waals surface area (Å²) < 4.78 is 0. The molecule has 0 bridgehead atoms. The van der Waals surface area contributed by atoms with E-state index in [1.165, 1.54) is 0 Å². The van der Waals surface area contributed by atoms with Crippen LogP contribution in [0.5, 0.6) is 0 Å². The van der Waals surface area contributed by atoms with E-state index in [0.717, 1.165) is 18.8 Å². The predicted octanol–water partition coefficient (Wildman–Crippen LogP) is 0.523. The Bertz CT molecular complexity index is 240. The summed E-state index contributed by atoms with van der Waals surface area (Å²) >= 11 is 0. The molecule has 0 fully saturated rings. The van der Waals surface area contributed by atoms with Crippen molar-refractivity contribution >= 4 is 0 Å². The number of imidazole rings is 1. The third-order valence-electron chi connectivity index (χ3n) is 1.26. The zero-order valence-corrected chi connectivity index (χ0v) is 6.52. The van der Waals surface area contributed by atoms with Gasteiger partial charge in [0.15, 0.2) is 0 Å². The normalized spacial score (nSPS) is 8.82. The van der Waals surface area contributed by atoms with Crippen LogP contribution >= 0.6 is 0 Å². The van der Waals surface area contributed by atoms with Crippen LogP contribution in [0.25, 0.3) is 0 Å². The van der Waals surface area contributed by atoms with Crippen molar-refractivity contribution in [2.45, 2.75) is 13.5 Å². The van der Waals surface area contributed by atoms with Crippen molar-refractivity contribution in [1.29, 1.82) is 0 Å². The number of hydrogen-bond acceptors (Lipinski definition) is 2. The van der Waals surface area contributed by atoms with Crippen LogP contribution in [-0.4, -0.2) is 16.5 Å². The maximum absolute atomic E-state index is 3.89. The standard InChI is InChI=1S/C8H11N3/c1-2-3-4-9-5-8-6-10-7-11-8/h6-7,9H,4-5H2,1H3,(H,10,11). The molecule has 1 aromatic rings. The molecule has 0 unspecified atom stereocenters. The van der Waals surface area contributed by atoms with Gasteiger partial charge < -0.3 is 10.3 Å². The third-order valence-corrected chi connectivity index (χ3v) is 1.26. The quantitative estimate of drug-likeness (QED) is 0.486. The van der Waals surface area contributed by atoms with Crippen LogP contribution in [-0.2, 0) is 6.54 Å². The monoisotopic (exact) mass is 149 g/mol. The van der Waals surface area contributed by atoms with Crippen molar-refractivity contribution in [2.75, 3.05) is 6.54 Å². The second kappa shape index (κ2) is 4.53. The van der Waals surface area contributed by atoms with Crippen LogP contribution < -0.4 is 5.32 Å².